The van der Waals surface area contributed by atoms with Crippen LogP contribution in [-0.2, 0) is 0 Å². The summed E-state index contributed by atoms with van der Waals surface area (Å²) in [5.41, 5.74) is 0. The summed E-state index contributed by atoms with van der Waals surface area (Å²) in [6.45, 7) is 1.17. The summed E-state index contributed by atoms with van der Waals surface area (Å²) in [5, 5.41) is 0. The molecule has 0 aromatic heterocycles. The van der Waals surface area contributed by atoms with Crippen LogP contribution in [0, 0.1) is 5.92 Å². The second-order valence-corrected chi connectivity index (χ2v) is 4.09. The molecular formula is C8H11BrN2. The summed E-state index contributed by atoms with van der Waals surface area (Å²) in [5.74, 6) is 0.638. The molecular weight excluding hydrogens is 204 g/mol. The Morgan fingerprint density at radius 3 is 3.36 bits per heavy atom. The molecule has 2 atom stereocenters. The Morgan fingerprint density at radius 1 is 1.73 bits per heavy atom. The van der Waals surface area contributed by atoms with Gasteiger partial charge in [-0.25, -0.2) is 0 Å². The van der Waals surface area contributed by atoms with Crippen molar-refractivity contribution in [1.29, 1.82) is 0 Å². The van der Waals surface area contributed by atoms with Gasteiger partial charge in [-0.2, -0.15) is 0 Å². The van der Waals surface area contributed by atoms with Gasteiger partial charge < -0.3 is 0 Å². The normalized spacial score (nSPS) is 37.1. The van der Waals surface area contributed by atoms with Crippen molar-refractivity contribution in [2.24, 2.45) is 10.9 Å². The Morgan fingerprint density at radius 2 is 2.55 bits per heavy atom. The lowest BCUT2D eigenvalue weighted by atomic mass is 10.0. The fourth-order valence-corrected chi connectivity index (χ4v) is 2.21. The molecule has 0 aromatic rings. The van der Waals surface area contributed by atoms with Crippen LogP contribution in [0.5, 0.6) is 0 Å². The highest BCUT2D eigenvalue weighted by Gasteiger charge is 2.31. The van der Waals surface area contributed by atoms with Crippen LogP contribution < -0.4 is 0 Å². The van der Waals surface area contributed by atoms with E-state index in [4.69, 9.17) is 0 Å². The first kappa shape index (κ1) is 7.50. The van der Waals surface area contributed by atoms with E-state index in [1.54, 1.807) is 0 Å². The van der Waals surface area contributed by atoms with Crippen LogP contribution in [-0.4, -0.2) is 30.9 Å². The fraction of sp³-hybridized carbons (Fsp3) is 0.625. The van der Waals surface area contributed by atoms with Gasteiger partial charge in [0.15, 0.2) is 0 Å². The van der Waals surface area contributed by atoms with Crippen molar-refractivity contribution in [1.82, 2.24) is 4.90 Å². The van der Waals surface area contributed by atoms with Gasteiger partial charge >= 0.3 is 0 Å². The molecule has 0 radical (unpaired) electrons. The van der Waals surface area contributed by atoms with Gasteiger partial charge in [0.1, 0.15) is 6.17 Å². The van der Waals surface area contributed by atoms with Crippen LogP contribution in [0.4, 0.5) is 0 Å². The number of hydrogen-bond acceptors (Lipinski definition) is 2. The average molecular weight is 215 g/mol. The molecule has 60 valence electrons. The minimum absolute atomic E-state index is 0.413. The molecule has 3 heteroatoms. The second-order valence-electron chi connectivity index (χ2n) is 3.18. The van der Waals surface area contributed by atoms with Crippen LogP contribution >= 0.6 is 15.9 Å². The third-order valence-electron chi connectivity index (χ3n) is 2.37. The fourth-order valence-electron chi connectivity index (χ4n) is 1.75. The molecule has 0 saturated carbocycles. The lowest BCUT2D eigenvalue weighted by Crippen LogP contribution is -2.28. The Bertz CT molecular complexity index is 222. The average Bonchev–Trinajstić information content (AvgIpc) is 2.32. The van der Waals surface area contributed by atoms with E-state index in [-0.39, 0.29) is 0 Å². The third-order valence-corrected chi connectivity index (χ3v) is 2.84. The zero-order valence-corrected chi connectivity index (χ0v) is 8.08. The topological polar surface area (TPSA) is 15.6 Å². The van der Waals surface area contributed by atoms with Crippen LogP contribution in [0.25, 0.3) is 0 Å². The number of rotatable bonds is 0. The highest BCUT2D eigenvalue weighted by molar-refractivity contribution is 9.12. The van der Waals surface area contributed by atoms with Crippen LogP contribution in [0.3, 0.4) is 0 Å². The van der Waals surface area contributed by atoms with Gasteiger partial charge in [-0.05, 0) is 29.4 Å². The number of likely N-dealkylation sites (tertiary alicyclic amines) is 1. The molecule has 2 unspecified atom stereocenters. The second kappa shape index (κ2) is 2.72. The van der Waals surface area contributed by atoms with E-state index in [0.29, 0.717) is 12.1 Å². The Balaban J connectivity index is 2.21. The van der Waals surface area contributed by atoms with Crippen LogP contribution in [0.15, 0.2) is 15.6 Å². The number of hydrogen-bond donors (Lipinski definition) is 0. The number of aliphatic imine (C=N–C) groups is 1. The molecule has 0 spiro atoms. The minimum atomic E-state index is 0.413. The zero-order valence-electron chi connectivity index (χ0n) is 6.50. The van der Waals surface area contributed by atoms with E-state index < -0.39 is 0 Å². The quantitative estimate of drug-likeness (QED) is 0.599. The van der Waals surface area contributed by atoms with Crippen molar-refractivity contribution in [3.63, 3.8) is 0 Å². The molecule has 1 saturated heterocycles. The highest BCUT2D eigenvalue weighted by Crippen LogP contribution is 2.29. The van der Waals surface area contributed by atoms with Crippen molar-refractivity contribution in [2.45, 2.75) is 12.6 Å². The molecule has 0 aromatic carbocycles. The minimum Gasteiger partial charge on any atom is -0.285 e. The first-order valence-corrected chi connectivity index (χ1v) is 4.67. The molecule has 0 bridgehead atoms. The highest BCUT2D eigenvalue weighted by atomic mass is 79.9. The standard InChI is InChI=1S/C8H11BrN2/c1-11-3-2-6-4-7(9)5-10-8(6)11/h4-6,8H,2-3H2,1H3. The van der Waals surface area contributed by atoms with Crippen molar-refractivity contribution in [2.75, 3.05) is 13.6 Å². The van der Waals surface area contributed by atoms with Crippen LogP contribution in [0.1, 0.15) is 6.42 Å². The predicted octanol–water partition coefficient (Wildman–Crippen LogP) is 1.63. The molecule has 2 aliphatic heterocycles. The summed E-state index contributed by atoms with van der Waals surface area (Å²) >= 11 is 3.44. The molecule has 2 nitrogen and oxygen atoms in total. The lowest BCUT2D eigenvalue weighted by Gasteiger charge is -2.21. The van der Waals surface area contributed by atoms with Gasteiger partial charge in [-0.1, -0.05) is 6.08 Å². The number of nitrogens with zero attached hydrogens (tertiary/aromatic N) is 2. The number of dihydropyridines is 1. The number of allylic oxidation sites excluding steroid dienone is 1. The van der Waals surface area contributed by atoms with Crippen molar-refractivity contribution in [3.05, 3.63) is 10.6 Å². The summed E-state index contributed by atoms with van der Waals surface area (Å²) in [6, 6.07) is 0. The molecule has 0 aliphatic carbocycles. The lowest BCUT2D eigenvalue weighted by molar-refractivity contribution is 0.299. The van der Waals surface area contributed by atoms with E-state index in [9.17, 15) is 0 Å². The van der Waals surface area contributed by atoms with Gasteiger partial charge in [0.2, 0.25) is 0 Å². The van der Waals surface area contributed by atoms with Crippen molar-refractivity contribution < 1.29 is 0 Å². The molecule has 2 heterocycles. The van der Waals surface area contributed by atoms with E-state index in [2.05, 4.69) is 38.9 Å². The van der Waals surface area contributed by atoms with Crippen LogP contribution in [0.2, 0.25) is 0 Å². The van der Waals surface area contributed by atoms with E-state index in [1.165, 1.54) is 13.0 Å². The molecule has 11 heavy (non-hydrogen) atoms. The van der Waals surface area contributed by atoms with Gasteiger partial charge in [0.05, 0.1) is 0 Å². The molecule has 1 fully saturated rings. The third kappa shape index (κ3) is 1.27. The molecule has 2 rings (SSSR count). The monoisotopic (exact) mass is 214 g/mol. The van der Waals surface area contributed by atoms with Gasteiger partial charge in [0.25, 0.3) is 0 Å². The van der Waals surface area contributed by atoms with E-state index in [1.807, 2.05) is 6.21 Å². The number of fused-ring (bicyclic) bond motifs is 1. The molecule has 2 aliphatic rings. The summed E-state index contributed by atoms with van der Waals surface area (Å²) in [4.78, 5) is 6.74. The SMILES string of the molecule is CN1CCC2C=C(Br)C=NC21. The first-order valence-electron chi connectivity index (χ1n) is 3.88. The first-order chi connectivity index (χ1) is 5.27. The van der Waals surface area contributed by atoms with Crippen molar-refractivity contribution in [3.8, 4) is 0 Å². The van der Waals surface area contributed by atoms with Gasteiger partial charge in [-0.3, -0.25) is 9.89 Å². The van der Waals surface area contributed by atoms with Gasteiger partial charge in [0, 0.05) is 23.2 Å². The summed E-state index contributed by atoms with van der Waals surface area (Å²) in [6.07, 6.45) is 5.83. The largest absolute Gasteiger partial charge is 0.285 e. The smallest absolute Gasteiger partial charge is 0.108 e. The van der Waals surface area contributed by atoms with Gasteiger partial charge in [-0.15, -0.1) is 0 Å². The predicted molar refractivity (Wildman–Crippen MR) is 50.0 cm³/mol. The number of halogens is 1. The van der Waals surface area contributed by atoms with E-state index in [0.717, 1.165) is 4.48 Å². The maximum Gasteiger partial charge on any atom is 0.108 e. The zero-order chi connectivity index (χ0) is 7.84. The molecule has 0 N–H and O–H groups in total. The maximum atomic E-state index is 4.44. The summed E-state index contributed by atoms with van der Waals surface area (Å²) in [7, 11) is 2.13. The molecule has 0 amide bonds. The summed E-state index contributed by atoms with van der Waals surface area (Å²) < 4.78 is 1.13. The van der Waals surface area contributed by atoms with Crippen molar-refractivity contribution >= 4 is 22.1 Å². The maximum absolute atomic E-state index is 4.44. The Hall–Kier alpha value is -0.150. The van der Waals surface area contributed by atoms with E-state index >= 15 is 0 Å². The Kier molecular flexibility index (Phi) is 1.85. The Labute approximate surface area is 75.1 Å².